The van der Waals surface area contributed by atoms with Crippen LogP contribution in [-0.2, 0) is 11.2 Å². The Morgan fingerprint density at radius 2 is 1.84 bits per heavy atom. The van der Waals surface area contributed by atoms with Gasteiger partial charge in [-0.1, -0.05) is 66.4 Å². The lowest BCUT2D eigenvalue weighted by Gasteiger charge is -2.14. The average molecular weight is 370 g/mol. The van der Waals surface area contributed by atoms with Crippen LogP contribution in [0.5, 0.6) is 5.75 Å². The smallest absolute Gasteiger partial charge is 0.266 e. The van der Waals surface area contributed by atoms with Crippen LogP contribution in [0.4, 0.5) is 0 Å². The van der Waals surface area contributed by atoms with Crippen LogP contribution in [0.2, 0.25) is 0 Å². The van der Waals surface area contributed by atoms with E-state index < -0.39 is 0 Å². The van der Waals surface area contributed by atoms with Gasteiger partial charge in [0.1, 0.15) is 10.1 Å². The molecule has 25 heavy (non-hydrogen) atoms. The van der Waals surface area contributed by atoms with Gasteiger partial charge < -0.3 is 4.74 Å². The first-order valence-electron chi connectivity index (χ1n) is 8.11. The maximum Gasteiger partial charge on any atom is 0.266 e. The van der Waals surface area contributed by atoms with Crippen molar-refractivity contribution < 1.29 is 9.53 Å². The summed E-state index contributed by atoms with van der Waals surface area (Å²) in [6.45, 7) is 0.652. The van der Waals surface area contributed by atoms with Gasteiger partial charge in [-0.15, -0.1) is 0 Å². The van der Waals surface area contributed by atoms with E-state index in [1.807, 2.05) is 48.5 Å². The van der Waals surface area contributed by atoms with Crippen molar-refractivity contribution in [3.63, 3.8) is 0 Å². The largest absolute Gasteiger partial charge is 0.497 e. The van der Waals surface area contributed by atoms with Gasteiger partial charge in [0.2, 0.25) is 0 Å². The number of nitrogens with zero attached hydrogens (tertiary/aromatic N) is 1. The number of carbonyl (C=O) groups is 1. The van der Waals surface area contributed by atoms with Crippen LogP contribution in [-0.4, -0.2) is 28.8 Å². The quantitative estimate of drug-likeness (QED) is 0.553. The maximum atomic E-state index is 12.6. The van der Waals surface area contributed by atoms with E-state index >= 15 is 0 Å². The molecule has 1 aliphatic rings. The second-order valence-electron chi connectivity index (χ2n) is 5.70. The number of benzene rings is 2. The van der Waals surface area contributed by atoms with Gasteiger partial charge in [-0.2, -0.15) is 0 Å². The number of carbonyl (C=O) groups excluding carboxylic acids is 1. The summed E-state index contributed by atoms with van der Waals surface area (Å²) >= 11 is 6.76. The second kappa shape index (κ2) is 8.32. The fourth-order valence-electron chi connectivity index (χ4n) is 2.63. The molecule has 3 nitrogen and oxygen atoms in total. The van der Waals surface area contributed by atoms with E-state index in [1.54, 1.807) is 12.0 Å². The predicted octanol–water partition coefficient (Wildman–Crippen LogP) is 4.53. The molecule has 0 saturated carbocycles. The van der Waals surface area contributed by atoms with E-state index in [9.17, 15) is 4.79 Å². The molecule has 2 aromatic rings. The van der Waals surface area contributed by atoms with Crippen molar-refractivity contribution in [1.29, 1.82) is 0 Å². The Balaban J connectivity index is 1.62. The maximum absolute atomic E-state index is 12.6. The average Bonchev–Trinajstić information content (AvgIpc) is 2.90. The first kappa shape index (κ1) is 17.7. The number of methoxy groups -OCH3 is 1. The van der Waals surface area contributed by atoms with E-state index in [0.717, 1.165) is 24.2 Å². The number of rotatable bonds is 6. The molecule has 0 radical (unpaired) electrons. The summed E-state index contributed by atoms with van der Waals surface area (Å²) in [6, 6.07) is 17.9. The Bertz CT molecular complexity index is 785. The fourth-order valence-corrected chi connectivity index (χ4v) is 3.94. The zero-order valence-corrected chi connectivity index (χ0v) is 15.6. The molecule has 0 spiro atoms. The number of hydrogen-bond acceptors (Lipinski definition) is 4. The number of ether oxygens (including phenoxy) is 1. The van der Waals surface area contributed by atoms with Crippen LogP contribution < -0.4 is 4.74 Å². The number of hydrogen-bond donors (Lipinski definition) is 0. The summed E-state index contributed by atoms with van der Waals surface area (Å²) in [5, 5.41) is 0. The molecule has 1 heterocycles. The van der Waals surface area contributed by atoms with Gasteiger partial charge in [0.25, 0.3) is 5.91 Å². The summed E-state index contributed by atoms with van der Waals surface area (Å²) < 4.78 is 5.79. The first-order chi connectivity index (χ1) is 12.2. The number of aryl methyl sites for hydroxylation is 1. The van der Waals surface area contributed by atoms with Gasteiger partial charge in [-0.25, -0.2) is 0 Å². The van der Waals surface area contributed by atoms with E-state index in [4.69, 9.17) is 17.0 Å². The van der Waals surface area contributed by atoms with Gasteiger partial charge in [-0.05, 0) is 42.2 Å². The highest BCUT2D eigenvalue weighted by Gasteiger charge is 2.31. The van der Waals surface area contributed by atoms with Gasteiger partial charge in [0, 0.05) is 6.54 Å². The van der Waals surface area contributed by atoms with Crippen LogP contribution in [0.15, 0.2) is 59.5 Å². The van der Waals surface area contributed by atoms with Gasteiger partial charge in [0.15, 0.2) is 0 Å². The van der Waals surface area contributed by atoms with Crippen LogP contribution in [0.3, 0.4) is 0 Å². The van der Waals surface area contributed by atoms with E-state index in [0.29, 0.717) is 15.8 Å². The zero-order valence-electron chi connectivity index (χ0n) is 14.0. The predicted molar refractivity (Wildman–Crippen MR) is 108 cm³/mol. The Kier molecular flexibility index (Phi) is 5.89. The monoisotopic (exact) mass is 369 g/mol. The molecular formula is C20H19NO2S2. The molecule has 3 rings (SSSR count). The molecule has 0 atom stereocenters. The minimum absolute atomic E-state index is 0.00104. The highest BCUT2D eigenvalue weighted by atomic mass is 32.2. The minimum Gasteiger partial charge on any atom is -0.497 e. The summed E-state index contributed by atoms with van der Waals surface area (Å²) in [7, 11) is 1.63. The van der Waals surface area contributed by atoms with Crippen LogP contribution >= 0.6 is 24.0 Å². The molecule has 0 bridgehead atoms. The van der Waals surface area contributed by atoms with Crippen molar-refractivity contribution in [2.75, 3.05) is 13.7 Å². The Morgan fingerprint density at radius 3 is 2.52 bits per heavy atom. The molecule has 0 aromatic heterocycles. The topological polar surface area (TPSA) is 29.5 Å². The molecule has 0 N–H and O–H groups in total. The molecule has 1 amide bonds. The lowest BCUT2D eigenvalue weighted by molar-refractivity contribution is -0.122. The Hall–Kier alpha value is -2.11. The Morgan fingerprint density at radius 1 is 1.12 bits per heavy atom. The van der Waals surface area contributed by atoms with Gasteiger partial charge in [-0.3, -0.25) is 9.69 Å². The molecular weight excluding hydrogens is 350 g/mol. The molecule has 128 valence electrons. The molecule has 0 aliphatic carbocycles. The van der Waals surface area contributed by atoms with Gasteiger partial charge >= 0.3 is 0 Å². The third-order valence-corrected chi connectivity index (χ3v) is 5.35. The number of thioether (sulfide) groups is 1. The third kappa shape index (κ3) is 4.50. The van der Waals surface area contributed by atoms with Gasteiger partial charge in [0.05, 0.1) is 12.0 Å². The van der Waals surface area contributed by atoms with Crippen molar-refractivity contribution in [3.8, 4) is 5.75 Å². The molecule has 1 saturated heterocycles. The molecule has 1 aliphatic heterocycles. The van der Waals surface area contributed by atoms with Crippen molar-refractivity contribution in [1.82, 2.24) is 4.90 Å². The normalized spacial score (nSPS) is 15.9. The highest BCUT2D eigenvalue weighted by Crippen LogP contribution is 2.32. The third-order valence-electron chi connectivity index (χ3n) is 3.98. The Labute approximate surface area is 157 Å². The highest BCUT2D eigenvalue weighted by molar-refractivity contribution is 8.26. The minimum atomic E-state index is -0.00104. The number of thiocarbonyl (C=S) groups is 1. The standard InChI is InChI=1S/C20H19NO2S2/c1-23-17-11-9-16(10-12-17)14-18-19(22)21(20(24)25-18)13-5-8-15-6-3-2-4-7-15/h2-4,6-7,9-12,14H,5,8,13H2,1H3/b18-14+. The fraction of sp³-hybridized carbons (Fsp3) is 0.200. The van der Waals surface area contributed by atoms with E-state index in [-0.39, 0.29) is 5.91 Å². The summed E-state index contributed by atoms with van der Waals surface area (Å²) in [6.07, 6.45) is 3.72. The van der Waals surface area contributed by atoms with E-state index in [2.05, 4.69) is 12.1 Å². The summed E-state index contributed by atoms with van der Waals surface area (Å²) in [5.74, 6) is 0.796. The van der Waals surface area contributed by atoms with Crippen LogP contribution in [0.25, 0.3) is 6.08 Å². The molecule has 2 aromatic carbocycles. The zero-order chi connectivity index (χ0) is 17.6. The van der Waals surface area contributed by atoms with E-state index in [1.165, 1.54) is 17.3 Å². The van der Waals surface area contributed by atoms with Crippen LogP contribution in [0.1, 0.15) is 17.5 Å². The SMILES string of the molecule is COc1ccc(/C=C2/SC(=S)N(CCCc3ccccc3)C2=O)cc1. The second-order valence-corrected chi connectivity index (χ2v) is 7.37. The lowest BCUT2D eigenvalue weighted by Crippen LogP contribution is -2.29. The van der Waals surface area contributed by atoms with Crippen LogP contribution in [0, 0.1) is 0 Å². The van der Waals surface area contributed by atoms with Crippen molar-refractivity contribution in [2.45, 2.75) is 12.8 Å². The summed E-state index contributed by atoms with van der Waals surface area (Å²) in [4.78, 5) is 15.0. The first-order valence-corrected chi connectivity index (χ1v) is 9.33. The molecule has 5 heteroatoms. The molecule has 1 fully saturated rings. The molecule has 0 unspecified atom stereocenters. The van der Waals surface area contributed by atoms with Crippen molar-refractivity contribution >= 4 is 40.3 Å². The number of amides is 1. The lowest BCUT2D eigenvalue weighted by atomic mass is 10.1. The summed E-state index contributed by atoms with van der Waals surface area (Å²) in [5.41, 5.74) is 2.24. The van der Waals surface area contributed by atoms with Crippen molar-refractivity contribution in [2.24, 2.45) is 0 Å². The van der Waals surface area contributed by atoms with Crippen molar-refractivity contribution in [3.05, 3.63) is 70.6 Å².